The van der Waals surface area contributed by atoms with E-state index in [0.29, 0.717) is 23.3 Å². The van der Waals surface area contributed by atoms with E-state index in [1.54, 1.807) is 0 Å². The van der Waals surface area contributed by atoms with E-state index in [2.05, 4.69) is 47.7 Å². The van der Waals surface area contributed by atoms with Crippen molar-refractivity contribution in [3.63, 3.8) is 0 Å². The van der Waals surface area contributed by atoms with Crippen LogP contribution >= 0.6 is 0 Å². The maximum absolute atomic E-state index is 7.86. The molecule has 3 N–H and O–H groups in total. The first-order chi connectivity index (χ1) is 14.2. The van der Waals surface area contributed by atoms with Gasteiger partial charge in [-0.2, -0.15) is 4.98 Å². The zero-order valence-corrected chi connectivity index (χ0v) is 18.4. The molecular formula is C24H32N4O2. The summed E-state index contributed by atoms with van der Waals surface area (Å²) >= 11 is 0. The van der Waals surface area contributed by atoms with Crippen molar-refractivity contribution in [2.45, 2.75) is 64.9 Å². The number of benzene rings is 1. The molecule has 0 saturated heterocycles. The Morgan fingerprint density at radius 2 is 1.73 bits per heavy atom. The highest BCUT2D eigenvalue weighted by atomic mass is 16.5. The Hall–Kier alpha value is -2.89. The largest absolute Gasteiger partial charge is 0.513 e. The van der Waals surface area contributed by atoms with Gasteiger partial charge in [0.25, 0.3) is 0 Å². The van der Waals surface area contributed by atoms with Crippen molar-refractivity contribution in [2.24, 2.45) is 10.9 Å². The van der Waals surface area contributed by atoms with Crippen LogP contribution in [0, 0.1) is 5.92 Å². The molecule has 1 aromatic carbocycles. The molecule has 1 aromatic heterocycles. The molecule has 0 atom stereocenters. The van der Waals surface area contributed by atoms with Gasteiger partial charge in [0.2, 0.25) is 5.88 Å². The van der Waals surface area contributed by atoms with Gasteiger partial charge in [0.15, 0.2) is 11.5 Å². The van der Waals surface area contributed by atoms with E-state index in [1.807, 2.05) is 13.8 Å². The number of hydrogen-bond acceptors (Lipinski definition) is 6. The first-order valence-electron chi connectivity index (χ1n) is 10.5. The van der Waals surface area contributed by atoms with Crippen molar-refractivity contribution in [2.75, 3.05) is 5.73 Å². The molecular weight excluding hydrogens is 376 g/mol. The number of aromatic nitrogens is 2. The van der Waals surface area contributed by atoms with Gasteiger partial charge in [-0.1, -0.05) is 50.6 Å². The Bertz CT molecular complexity index is 923. The predicted molar refractivity (Wildman–Crippen MR) is 122 cm³/mol. The molecule has 0 radical (unpaired) electrons. The number of rotatable bonds is 2. The molecule has 160 valence electrons. The third-order valence-electron chi connectivity index (χ3n) is 5.63. The molecule has 30 heavy (non-hydrogen) atoms. The van der Waals surface area contributed by atoms with Crippen LogP contribution in [0.4, 0.5) is 11.5 Å². The van der Waals surface area contributed by atoms with Crippen LogP contribution in [0.25, 0.3) is 0 Å². The molecule has 4 rings (SSSR count). The van der Waals surface area contributed by atoms with Gasteiger partial charge in [0, 0.05) is 5.56 Å². The van der Waals surface area contributed by atoms with Crippen LogP contribution in [0.1, 0.15) is 70.4 Å². The number of nitrogen functional groups attached to an aromatic ring is 1. The van der Waals surface area contributed by atoms with Crippen molar-refractivity contribution in [1.29, 1.82) is 0 Å². The summed E-state index contributed by atoms with van der Waals surface area (Å²) in [5.74, 6) is 2.51. The average molecular weight is 409 g/mol. The van der Waals surface area contributed by atoms with Crippen LogP contribution in [0.3, 0.4) is 0 Å². The van der Waals surface area contributed by atoms with E-state index in [9.17, 15) is 0 Å². The third-order valence-corrected chi connectivity index (χ3v) is 5.63. The molecule has 1 saturated carbocycles. The molecule has 2 heterocycles. The second-order valence-electron chi connectivity index (χ2n) is 8.80. The zero-order valence-electron chi connectivity index (χ0n) is 18.4. The minimum Gasteiger partial charge on any atom is -0.513 e. The lowest BCUT2D eigenvalue weighted by Gasteiger charge is -2.32. The summed E-state index contributed by atoms with van der Waals surface area (Å²) in [5.41, 5.74) is 9.25. The summed E-state index contributed by atoms with van der Waals surface area (Å²) in [4.78, 5) is 13.0. The standard InChI is InChI=1S/C21H26N4O.C3H6O/c1-13-4-6-14(7-5-13)15-8-10-16(11-9-15)18-21(2,3)26-20-17(25-18)19(22)23-12-24-20;1-3(2)4/h8-14H,4-7H2,1-3H3,(H2,22,23,24);4H,1H2,2H3. The number of nitrogens with zero attached hydrogens (tertiary/aromatic N) is 3. The first-order valence-corrected chi connectivity index (χ1v) is 10.5. The predicted octanol–water partition coefficient (Wildman–Crippen LogP) is 5.72. The van der Waals surface area contributed by atoms with Crippen LogP contribution in [0.15, 0.2) is 47.9 Å². The number of anilines is 1. The van der Waals surface area contributed by atoms with E-state index < -0.39 is 5.60 Å². The van der Waals surface area contributed by atoms with E-state index in [-0.39, 0.29) is 5.76 Å². The summed E-state index contributed by atoms with van der Waals surface area (Å²) < 4.78 is 6.06. The number of fused-ring (bicyclic) bond motifs is 1. The lowest BCUT2D eigenvalue weighted by Crippen LogP contribution is -2.41. The van der Waals surface area contributed by atoms with Gasteiger partial charge in [-0.25, -0.2) is 9.98 Å². The number of aliphatic hydroxyl groups is 1. The van der Waals surface area contributed by atoms with Gasteiger partial charge in [0.05, 0.1) is 11.5 Å². The SMILES string of the molecule is C=C(C)O.CC1CCC(c2ccc(C3=Nc4c(N)ncnc4OC3(C)C)cc2)CC1. The molecule has 6 heteroatoms. The Morgan fingerprint density at radius 1 is 1.13 bits per heavy atom. The van der Waals surface area contributed by atoms with Crippen LogP contribution in [-0.4, -0.2) is 26.4 Å². The smallest absolute Gasteiger partial charge is 0.246 e. The van der Waals surface area contributed by atoms with E-state index in [1.165, 1.54) is 44.5 Å². The van der Waals surface area contributed by atoms with Crippen LogP contribution < -0.4 is 10.5 Å². The van der Waals surface area contributed by atoms with Gasteiger partial charge >= 0.3 is 0 Å². The third kappa shape index (κ3) is 4.99. The number of allylic oxidation sites excluding steroid dienone is 1. The molecule has 1 aliphatic heterocycles. The highest BCUT2D eigenvalue weighted by Gasteiger charge is 2.35. The van der Waals surface area contributed by atoms with E-state index in [0.717, 1.165) is 17.2 Å². The number of aliphatic imine (C=N–C) groups is 1. The monoisotopic (exact) mass is 408 g/mol. The Kier molecular flexibility index (Phi) is 6.44. The summed E-state index contributed by atoms with van der Waals surface area (Å²) in [7, 11) is 0. The van der Waals surface area contributed by atoms with E-state index >= 15 is 0 Å². The van der Waals surface area contributed by atoms with Crippen molar-refractivity contribution in [3.05, 3.63) is 54.1 Å². The maximum Gasteiger partial charge on any atom is 0.246 e. The van der Waals surface area contributed by atoms with Gasteiger partial charge in [-0.3, -0.25) is 0 Å². The lowest BCUT2D eigenvalue weighted by atomic mass is 9.79. The molecule has 2 aromatic rings. The number of aliphatic hydroxyl groups excluding tert-OH is 1. The fourth-order valence-electron chi connectivity index (χ4n) is 4.01. The minimum atomic E-state index is -0.574. The van der Waals surface area contributed by atoms with Gasteiger partial charge in [0.1, 0.15) is 11.9 Å². The quantitative estimate of drug-likeness (QED) is 0.620. The Balaban J connectivity index is 0.000000589. The maximum atomic E-state index is 7.86. The lowest BCUT2D eigenvalue weighted by molar-refractivity contribution is 0.171. The second kappa shape index (κ2) is 8.86. The summed E-state index contributed by atoms with van der Waals surface area (Å²) in [5, 5.41) is 7.86. The van der Waals surface area contributed by atoms with Crippen molar-refractivity contribution < 1.29 is 9.84 Å². The van der Waals surface area contributed by atoms with Crippen molar-refractivity contribution in [1.82, 2.24) is 9.97 Å². The summed E-state index contributed by atoms with van der Waals surface area (Å²) in [6.45, 7) is 11.0. The topological polar surface area (TPSA) is 93.6 Å². The zero-order chi connectivity index (χ0) is 21.9. The minimum absolute atomic E-state index is 0.167. The van der Waals surface area contributed by atoms with Crippen LogP contribution in [0.5, 0.6) is 5.88 Å². The summed E-state index contributed by atoms with van der Waals surface area (Å²) in [6.07, 6.45) is 6.64. The number of nitrogens with two attached hydrogens (primary N) is 1. The highest BCUT2D eigenvalue weighted by molar-refractivity contribution is 6.09. The Morgan fingerprint density at radius 3 is 2.33 bits per heavy atom. The summed E-state index contributed by atoms with van der Waals surface area (Å²) in [6, 6.07) is 8.80. The molecule has 0 spiro atoms. The molecule has 0 bridgehead atoms. The fourth-order valence-corrected chi connectivity index (χ4v) is 4.01. The first kappa shape index (κ1) is 21.8. The normalized spacial score (nSPS) is 21.9. The van der Waals surface area contributed by atoms with Gasteiger partial charge in [-0.15, -0.1) is 0 Å². The highest BCUT2D eigenvalue weighted by Crippen LogP contribution is 2.39. The van der Waals surface area contributed by atoms with Crippen LogP contribution in [0.2, 0.25) is 0 Å². The molecule has 6 nitrogen and oxygen atoms in total. The van der Waals surface area contributed by atoms with Crippen molar-refractivity contribution >= 4 is 17.2 Å². The van der Waals surface area contributed by atoms with Crippen molar-refractivity contribution in [3.8, 4) is 5.88 Å². The van der Waals surface area contributed by atoms with E-state index in [4.69, 9.17) is 20.6 Å². The second-order valence-corrected chi connectivity index (χ2v) is 8.80. The van der Waals surface area contributed by atoms with Gasteiger partial charge in [-0.05, 0) is 51.0 Å². The van der Waals surface area contributed by atoms with Gasteiger partial charge < -0.3 is 15.6 Å². The molecule has 0 amide bonds. The van der Waals surface area contributed by atoms with Crippen LogP contribution in [-0.2, 0) is 0 Å². The molecule has 0 unspecified atom stereocenters. The average Bonchev–Trinajstić information content (AvgIpc) is 2.67. The molecule has 2 aliphatic rings. The Labute approximate surface area is 178 Å². The number of ether oxygens (including phenoxy) is 1. The fraction of sp³-hybridized carbons (Fsp3) is 0.458. The molecule has 1 aliphatic carbocycles. The number of hydrogen-bond donors (Lipinski definition) is 2. The molecule has 1 fully saturated rings.